The Balaban J connectivity index is 1.99. The molecule has 4 aromatic carbocycles. The lowest BCUT2D eigenvalue weighted by molar-refractivity contribution is 1.75. The van der Waals surface area contributed by atoms with Crippen LogP contribution in [0, 0.1) is 0 Å². The minimum Gasteiger partial charge on any atom is -0.135 e. The van der Waals surface area contributed by atoms with Crippen LogP contribution in [0.2, 0.25) is 0 Å². The molecule has 0 saturated heterocycles. The Hall–Kier alpha value is -2.90. The SMILES string of the molecule is C=Cc1ccc2c(ccc3sc4c5cccc(C=C)c5ccc4c32)c1. The smallest absolute Gasteiger partial charge is 0.0434 e. The second kappa shape index (κ2) is 5.30. The third-order valence-corrected chi connectivity index (χ3v) is 6.19. The van der Waals surface area contributed by atoms with E-state index in [2.05, 4.69) is 73.8 Å². The van der Waals surface area contributed by atoms with Crippen LogP contribution in [0.5, 0.6) is 0 Å². The van der Waals surface area contributed by atoms with Crippen molar-refractivity contribution >= 4 is 65.2 Å². The van der Waals surface area contributed by atoms with Crippen molar-refractivity contribution in [3.8, 4) is 0 Å². The highest BCUT2D eigenvalue weighted by Crippen LogP contribution is 2.42. The van der Waals surface area contributed by atoms with Gasteiger partial charge < -0.3 is 0 Å². The summed E-state index contributed by atoms with van der Waals surface area (Å²) in [5, 5.41) is 7.87. The van der Waals surface area contributed by atoms with Gasteiger partial charge >= 0.3 is 0 Å². The maximum Gasteiger partial charge on any atom is 0.0434 e. The van der Waals surface area contributed by atoms with Gasteiger partial charge in [0.25, 0.3) is 0 Å². The molecule has 0 atom stereocenters. The molecular formula is C24H16S. The lowest BCUT2D eigenvalue weighted by Gasteiger charge is -2.05. The summed E-state index contributed by atoms with van der Waals surface area (Å²) in [6, 6.07) is 22.0. The first-order valence-corrected chi connectivity index (χ1v) is 9.17. The summed E-state index contributed by atoms with van der Waals surface area (Å²) < 4.78 is 2.70. The molecule has 1 heterocycles. The molecular weight excluding hydrogens is 320 g/mol. The molecule has 0 nitrogen and oxygen atoms in total. The first-order valence-electron chi connectivity index (χ1n) is 8.36. The van der Waals surface area contributed by atoms with Gasteiger partial charge in [-0.2, -0.15) is 0 Å². The summed E-state index contributed by atoms with van der Waals surface area (Å²) in [5.41, 5.74) is 2.35. The molecule has 5 rings (SSSR count). The quantitative estimate of drug-likeness (QED) is 0.310. The van der Waals surface area contributed by atoms with Gasteiger partial charge in [0.2, 0.25) is 0 Å². The molecule has 0 amide bonds. The van der Waals surface area contributed by atoms with Gasteiger partial charge in [-0.05, 0) is 39.4 Å². The molecule has 0 radical (unpaired) electrons. The molecule has 0 aliphatic carbocycles. The topological polar surface area (TPSA) is 0 Å². The molecule has 118 valence electrons. The van der Waals surface area contributed by atoms with Crippen molar-refractivity contribution in [3.63, 3.8) is 0 Å². The van der Waals surface area contributed by atoms with Gasteiger partial charge in [-0.3, -0.25) is 0 Å². The summed E-state index contributed by atoms with van der Waals surface area (Å²) in [6.45, 7) is 7.84. The van der Waals surface area contributed by atoms with Gasteiger partial charge in [0.15, 0.2) is 0 Å². The molecule has 0 saturated carbocycles. The van der Waals surface area contributed by atoms with Crippen molar-refractivity contribution in [1.82, 2.24) is 0 Å². The van der Waals surface area contributed by atoms with Crippen molar-refractivity contribution in [3.05, 3.63) is 84.9 Å². The first kappa shape index (κ1) is 14.4. The predicted molar refractivity (Wildman–Crippen MR) is 115 cm³/mol. The summed E-state index contributed by atoms with van der Waals surface area (Å²) >= 11 is 1.88. The van der Waals surface area contributed by atoms with E-state index in [1.54, 1.807) is 0 Å². The van der Waals surface area contributed by atoms with Crippen molar-refractivity contribution in [2.75, 3.05) is 0 Å². The fourth-order valence-corrected chi connectivity index (χ4v) is 5.01. The van der Waals surface area contributed by atoms with E-state index in [-0.39, 0.29) is 0 Å². The third-order valence-electron chi connectivity index (χ3n) is 4.99. The Morgan fingerprint density at radius 1 is 0.720 bits per heavy atom. The average molecular weight is 336 g/mol. The Kier molecular flexibility index (Phi) is 3.06. The number of fused-ring (bicyclic) bond motifs is 7. The van der Waals surface area contributed by atoms with Gasteiger partial charge in [0.05, 0.1) is 0 Å². The summed E-state index contributed by atoms with van der Waals surface area (Å²) in [7, 11) is 0. The van der Waals surface area contributed by atoms with E-state index < -0.39 is 0 Å². The number of hydrogen-bond acceptors (Lipinski definition) is 1. The van der Waals surface area contributed by atoms with Crippen molar-refractivity contribution in [1.29, 1.82) is 0 Å². The largest absolute Gasteiger partial charge is 0.135 e. The molecule has 0 aliphatic rings. The molecule has 0 N–H and O–H groups in total. The highest BCUT2D eigenvalue weighted by atomic mass is 32.1. The molecule has 0 unspecified atom stereocenters. The van der Waals surface area contributed by atoms with Gasteiger partial charge in [-0.15, -0.1) is 11.3 Å². The van der Waals surface area contributed by atoms with Gasteiger partial charge in [-0.25, -0.2) is 0 Å². The standard InChI is InChI=1S/C24H16S/c1-3-15-8-10-19-17(14-15)9-13-22-23(19)21-12-11-18-16(4-2)6-5-7-20(18)24(21)25-22/h3-14H,1-2H2. The van der Waals surface area contributed by atoms with Crippen molar-refractivity contribution in [2.45, 2.75) is 0 Å². The Bertz CT molecular complexity index is 1320. The van der Waals surface area contributed by atoms with Crippen molar-refractivity contribution < 1.29 is 0 Å². The number of benzene rings is 4. The third kappa shape index (κ3) is 2.00. The maximum atomic E-state index is 3.96. The van der Waals surface area contributed by atoms with E-state index >= 15 is 0 Å². The van der Waals surface area contributed by atoms with Crippen LogP contribution >= 0.6 is 11.3 Å². The lowest BCUT2D eigenvalue weighted by Crippen LogP contribution is -1.79. The van der Waals surface area contributed by atoms with Crippen LogP contribution in [0.4, 0.5) is 0 Å². The van der Waals surface area contributed by atoms with Crippen molar-refractivity contribution in [2.24, 2.45) is 0 Å². The number of thiophene rings is 1. The molecule has 1 heteroatoms. The highest BCUT2D eigenvalue weighted by molar-refractivity contribution is 7.26. The van der Waals surface area contributed by atoms with Crippen LogP contribution < -0.4 is 0 Å². The second-order valence-electron chi connectivity index (χ2n) is 6.31. The first-order chi connectivity index (χ1) is 12.3. The van der Waals surface area contributed by atoms with E-state index in [9.17, 15) is 0 Å². The monoisotopic (exact) mass is 336 g/mol. The van der Waals surface area contributed by atoms with Crippen LogP contribution in [0.3, 0.4) is 0 Å². The number of hydrogen-bond donors (Lipinski definition) is 0. The highest BCUT2D eigenvalue weighted by Gasteiger charge is 2.12. The Labute approximate surface area is 150 Å². The van der Waals surface area contributed by atoms with E-state index in [0.717, 1.165) is 5.56 Å². The van der Waals surface area contributed by atoms with Gasteiger partial charge in [0, 0.05) is 25.6 Å². The van der Waals surface area contributed by atoms with Crippen LogP contribution in [0.15, 0.2) is 73.8 Å². The van der Waals surface area contributed by atoms with Crippen LogP contribution in [-0.4, -0.2) is 0 Å². The van der Waals surface area contributed by atoms with E-state index in [1.165, 1.54) is 47.3 Å². The maximum absolute atomic E-state index is 3.96. The molecule has 1 aromatic heterocycles. The second-order valence-corrected chi connectivity index (χ2v) is 7.37. The zero-order valence-electron chi connectivity index (χ0n) is 13.8. The number of rotatable bonds is 2. The molecule has 5 aromatic rings. The van der Waals surface area contributed by atoms with Crippen LogP contribution in [-0.2, 0) is 0 Å². The van der Waals surface area contributed by atoms with Gasteiger partial charge in [0.1, 0.15) is 0 Å². The fourth-order valence-electron chi connectivity index (χ4n) is 3.77. The zero-order chi connectivity index (χ0) is 17.0. The lowest BCUT2D eigenvalue weighted by atomic mass is 9.98. The summed E-state index contributed by atoms with van der Waals surface area (Å²) in [5.74, 6) is 0. The molecule has 0 spiro atoms. The van der Waals surface area contributed by atoms with Crippen LogP contribution in [0.25, 0.3) is 53.9 Å². The average Bonchev–Trinajstić information content (AvgIpc) is 3.06. The fraction of sp³-hybridized carbons (Fsp3) is 0. The normalized spacial score (nSPS) is 11.5. The molecule has 0 fully saturated rings. The Morgan fingerprint density at radius 3 is 2.40 bits per heavy atom. The minimum absolute atomic E-state index is 1.16. The van der Waals surface area contributed by atoms with Crippen LogP contribution in [0.1, 0.15) is 11.1 Å². The Morgan fingerprint density at radius 2 is 1.56 bits per heavy atom. The molecule has 0 bridgehead atoms. The summed E-state index contributed by atoms with van der Waals surface area (Å²) in [6.07, 6.45) is 3.84. The van der Waals surface area contributed by atoms with E-state index in [0.29, 0.717) is 0 Å². The van der Waals surface area contributed by atoms with Gasteiger partial charge in [-0.1, -0.05) is 73.8 Å². The predicted octanol–water partition coefficient (Wildman–Crippen LogP) is 7.65. The minimum atomic E-state index is 1.16. The van der Waals surface area contributed by atoms with E-state index in [4.69, 9.17) is 0 Å². The van der Waals surface area contributed by atoms with E-state index in [1.807, 2.05) is 23.5 Å². The summed E-state index contributed by atoms with van der Waals surface area (Å²) in [4.78, 5) is 0. The molecule has 25 heavy (non-hydrogen) atoms. The molecule has 0 aliphatic heterocycles. The zero-order valence-corrected chi connectivity index (χ0v) is 14.6.